The maximum Gasteiger partial charge on any atom is 0.128 e. The van der Waals surface area contributed by atoms with Crippen LogP contribution in [0.3, 0.4) is 0 Å². The smallest absolute Gasteiger partial charge is 0.128 e. The Kier molecular flexibility index (Phi) is 3.43. The predicted octanol–water partition coefficient (Wildman–Crippen LogP) is 3.53. The Bertz CT molecular complexity index is 538. The molecule has 0 aliphatic heterocycles. The monoisotopic (exact) mass is 292 g/mol. The maximum atomic E-state index is 5.39. The average molecular weight is 293 g/mol. The van der Waals surface area contributed by atoms with Gasteiger partial charge in [-0.3, -0.25) is 0 Å². The highest BCUT2D eigenvalue weighted by molar-refractivity contribution is 9.10. The summed E-state index contributed by atoms with van der Waals surface area (Å²) in [6.07, 6.45) is 0. The minimum Gasteiger partial charge on any atom is -0.496 e. The number of aryl methyl sites for hydroxylation is 2. The Morgan fingerprint density at radius 3 is 2.35 bits per heavy atom. The molecule has 0 aliphatic carbocycles. The van der Waals surface area contributed by atoms with E-state index < -0.39 is 0 Å². The molecule has 2 rings (SSSR count). The highest BCUT2D eigenvalue weighted by Crippen LogP contribution is 2.31. The van der Waals surface area contributed by atoms with Crippen LogP contribution in [-0.4, -0.2) is 17.3 Å². The number of benzene rings is 1. The van der Waals surface area contributed by atoms with Crippen LogP contribution in [0.2, 0.25) is 0 Å². The summed E-state index contributed by atoms with van der Waals surface area (Å²) in [5, 5.41) is 8.15. The van der Waals surface area contributed by atoms with Gasteiger partial charge in [0.1, 0.15) is 10.4 Å². The number of methoxy groups -OCH3 is 1. The molecule has 0 saturated heterocycles. The van der Waals surface area contributed by atoms with E-state index in [1.165, 1.54) is 11.1 Å². The Balaban J connectivity index is 2.57. The van der Waals surface area contributed by atoms with Gasteiger partial charge >= 0.3 is 0 Å². The summed E-state index contributed by atoms with van der Waals surface area (Å²) >= 11 is 3.27. The first-order chi connectivity index (χ1) is 8.11. The molecule has 17 heavy (non-hydrogen) atoms. The molecule has 3 nitrogen and oxygen atoms in total. The van der Waals surface area contributed by atoms with Crippen LogP contribution in [0.5, 0.6) is 5.75 Å². The fraction of sp³-hybridized carbons (Fsp3) is 0.231. The van der Waals surface area contributed by atoms with Gasteiger partial charge in [-0.2, -0.15) is 0 Å². The average Bonchev–Trinajstić information content (AvgIpc) is 2.33. The lowest BCUT2D eigenvalue weighted by Gasteiger charge is -2.10. The molecule has 0 unspecified atom stereocenters. The first kappa shape index (κ1) is 12.0. The second kappa shape index (κ2) is 4.84. The predicted molar refractivity (Wildman–Crippen MR) is 71.2 cm³/mol. The van der Waals surface area contributed by atoms with Crippen LogP contribution < -0.4 is 4.74 Å². The lowest BCUT2D eigenvalue weighted by atomic mass is 10.0. The van der Waals surface area contributed by atoms with Crippen molar-refractivity contribution in [3.05, 3.63) is 40.0 Å². The van der Waals surface area contributed by atoms with E-state index in [2.05, 4.69) is 46.0 Å². The van der Waals surface area contributed by atoms with E-state index in [9.17, 15) is 0 Å². The fourth-order valence-corrected chi connectivity index (χ4v) is 1.83. The third kappa shape index (κ3) is 2.47. The minimum atomic E-state index is 0.726. The molecule has 1 heterocycles. The Labute approximate surface area is 109 Å². The maximum absolute atomic E-state index is 5.39. The van der Waals surface area contributed by atoms with Crippen LogP contribution in [0.4, 0.5) is 0 Å². The zero-order valence-electron chi connectivity index (χ0n) is 9.99. The van der Waals surface area contributed by atoms with Gasteiger partial charge in [0.15, 0.2) is 0 Å². The van der Waals surface area contributed by atoms with Gasteiger partial charge in [0.25, 0.3) is 0 Å². The van der Waals surface area contributed by atoms with Crippen molar-refractivity contribution in [2.45, 2.75) is 13.8 Å². The van der Waals surface area contributed by atoms with Gasteiger partial charge in [0, 0.05) is 5.56 Å². The number of ether oxygens (including phenoxy) is 1. The second-order valence-corrected chi connectivity index (χ2v) is 4.69. The Morgan fingerprint density at radius 2 is 1.76 bits per heavy atom. The minimum absolute atomic E-state index is 0.726. The lowest BCUT2D eigenvalue weighted by molar-refractivity contribution is 0.416. The van der Waals surface area contributed by atoms with Gasteiger partial charge in [-0.1, -0.05) is 0 Å². The van der Waals surface area contributed by atoms with E-state index in [-0.39, 0.29) is 0 Å². The van der Waals surface area contributed by atoms with Crippen LogP contribution in [0.1, 0.15) is 11.1 Å². The van der Waals surface area contributed by atoms with Crippen molar-refractivity contribution < 1.29 is 4.74 Å². The van der Waals surface area contributed by atoms with Crippen molar-refractivity contribution in [1.82, 2.24) is 10.2 Å². The molecule has 0 amide bonds. The first-order valence-corrected chi connectivity index (χ1v) is 6.06. The molecular formula is C13H13BrN2O. The van der Waals surface area contributed by atoms with Gasteiger partial charge in [-0.05, 0) is 65.2 Å². The molecule has 0 bridgehead atoms. The second-order valence-electron chi connectivity index (χ2n) is 3.88. The number of halogens is 1. The molecule has 0 atom stereocenters. The SMILES string of the molecule is COc1cc(C)c(C)cc1-c1ccc(Br)nn1. The molecule has 0 N–H and O–H groups in total. The summed E-state index contributed by atoms with van der Waals surface area (Å²) in [4.78, 5) is 0. The summed E-state index contributed by atoms with van der Waals surface area (Å²) < 4.78 is 6.11. The van der Waals surface area contributed by atoms with E-state index in [1.54, 1.807) is 7.11 Å². The van der Waals surface area contributed by atoms with Gasteiger partial charge in [0.2, 0.25) is 0 Å². The third-order valence-corrected chi connectivity index (χ3v) is 3.15. The van der Waals surface area contributed by atoms with Crippen molar-refractivity contribution in [2.24, 2.45) is 0 Å². The summed E-state index contributed by atoms with van der Waals surface area (Å²) in [6, 6.07) is 7.89. The van der Waals surface area contributed by atoms with Gasteiger partial charge in [-0.15, -0.1) is 10.2 Å². The van der Waals surface area contributed by atoms with Crippen LogP contribution in [-0.2, 0) is 0 Å². The topological polar surface area (TPSA) is 35.0 Å². The van der Waals surface area contributed by atoms with E-state index in [0.29, 0.717) is 0 Å². The van der Waals surface area contributed by atoms with Crippen molar-refractivity contribution >= 4 is 15.9 Å². The van der Waals surface area contributed by atoms with E-state index in [1.807, 2.05) is 18.2 Å². The third-order valence-electron chi connectivity index (χ3n) is 2.72. The van der Waals surface area contributed by atoms with Crippen molar-refractivity contribution in [3.63, 3.8) is 0 Å². The summed E-state index contributed by atoms with van der Waals surface area (Å²) in [6.45, 7) is 4.14. The normalized spacial score (nSPS) is 10.4. The molecule has 0 saturated carbocycles. The summed E-state index contributed by atoms with van der Waals surface area (Å²) in [7, 11) is 1.67. The molecule has 0 aliphatic rings. The number of hydrogen-bond acceptors (Lipinski definition) is 3. The number of aromatic nitrogens is 2. The molecule has 1 aromatic carbocycles. The van der Waals surface area contributed by atoms with Gasteiger partial charge in [0.05, 0.1) is 12.8 Å². The van der Waals surface area contributed by atoms with Gasteiger partial charge < -0.3 is 4.74 Å². The molecule has 4 heteroatoms. The molecule has 0 spiro atoms. The number of hydrogen-bond donors (Lipinski definition) is 0. The van der Waals surface area contributed by atoms with Crippen LogP contribution in [0.25, 0.3) is 11.3 Å². The van der Waals surface area contributed by atoms with Crippen LogP contribution in [0.15, 0.2) is 28.9 Å². The standard InChI is InChI=1S/C13H13BrN2O/c1-8-6-10(12(17-3)7-9(8)2)11-4-5-13(14)16-15-11/h4-7H,1-3H3. The quantitative estimate of drug-likeness (QED) is 0.849. The molecule has 1 aromatic heterocycles. The molecule has 2 aromatic rings. The van der Waals surface area contributed by atoms with E-state index >= 15 is 0 Å². The van der Waals surface area contributed by atoms with Crippen LogP contribution >= 0.6 is 15.9 Å². The highest BCUT2D eigenvalue weighted by atomic mass is 79.9. The van der Waals surface area contributed by atoms with Gasteiger partial charge in [-0.25, -0.2) is 0 Å². The van der Waals surface area contributed by atoms with Crippen molar-refractivity contribution in [3.8, 4) is 17.0 Å². The lowest BCUT2D eigenvalue weighted by Crippen LogP contribution is -1.94. The Hall–Kier alpha value is -1.42. The Morgan fingerprint density at radius 1 is 1.06 bits per heavy atom. The number of nitrogens with zero attached hydrogens (tertiary/aromatic N) is 2. The molecule has 0 radical (unpaired) electrons. The summed E-state index contributed by atoms with van der Waals surface area (Å²) in [5.41, 5.74) is 4.20. The highest BCUT2D eigenvalue weighted by Gasteiger charge is 2.09. The van der Waals surface area contributed by atoms with Crippen LogP contribution in [0, 0.1) is 13.8 Å². The van der Waals surface area contributed by atoms with E-state index in [0.717, 1.165) is 21.6 Å². The summed E-state index contributed by atoms with van der Waals surface area (Å²) in [5.74, 6) is 0.824. The molecular weight excluding hydrogens is 280 g/mol. The van der Waals surface area contributed by atoms with Crippen molar-refractivity contribution in [1.29, 1.82) is 0 Å². The largest absolute Gasteiger partial charge is 0.496 e. The van der Waals surface area contributed by atoms with E-state index in [4.69, 9.17) is 4.74 Å². The first-order valence-electron chi connectivity index (χ1n) is 5.26. The van der Waals surface area contributed by atoms with Crippen molar-refractivity contribution in [2.75, 3.05) is 7.11 Å². The zero-order chi connectivity index (χ0) is 12.4. The molecule has 0 fully saturated rings. The zero-order valence-corrected chi connectivity index (χ0v) is 11.6. The molecule has 88 valence electrons. The number of rotatable bonds is 2. The fourth-order valence-electron chi connectivity index (χ4n) is 1.62.